The van der Waals surface area contributed by atoms with Gasteiger partial charge in [-0.1, -0.05) is 19.8 Å². The molecule has 2 saturated heterocycles. The van der Waals surface area contributed by atoms with Crippen LogP contribution in [-0.4, -0.2) is 54.1 Å². The van der Waals surface area contributed by atoms with Gasteiger partial charge in [0.05, 0.1) is 13.2 Å². The van der Waals surface area contributed by atoms with Gasteiger partial charge in [0.25, 0.3) is 0 Å². The predicted octanol–water partition coefficient (Wildman–Crippen LogP) is 1.52. The Morgan fingerprint density at radius 1 is 1.33 bits per heavy atom. The second-order valence-corrected chi connectivity index (χ2v) is 6.40. The summed E-state index contributed by atoms with van der Waals surface area (Å²) in [7, 11) is 3.25. The Morgan fingerprint density at radius 2 is 2.05 bits per heavy atom. The Bertz CT molecular complexity index is 411. The number of unbranched alkanes of at least 4 members (excludes halogenated alkanes) is 2. The lowest BCUT2D eigenvalue weighted by molar-refractivity contribution is -0.178. The smallest absolute Gasteiger partial charge is 0.323 e. The molecule has 5 nitrogen and oxygen atoms in total. The van der Waals surface area contributed by atoms with Gasteiger partial charge in [0.2, 0.25) is 0 Å². The Balaban J connectivity index is 2.32. The summed E-state index contributed by atoms with van der Waals surface area (Å²) in [4.78, 5) is 27.4. The lowest BCUT2D eigenvalue weighted by Gasteiger charge is -2.47. The van der Waals surface area contributed by atoms with Gasteiger partial charge < -0.3 is 9.84 Å². The number of aliphatic hydroxyl groups is 1. The van der Waals surface area contributed by atoms with Crippen molar-refractivity contribution in [3.63, 3.8) is 0 Å². The number of ether oxygens (including phenoxy) is 1. The first-order valence-corrected chi connectivity index (χ1v) is 8.01. The van der Waals surface area contributed by atoms with E-state index in [1.54, 1.807) is 0 Å². The van der Waals surface area contributed by atoms with Crippen LogP contribution in [0, 0.1) is 5.41 Å². The van der Waals surface area contributed by atoms with Crippen molar-refractivity contribution in [3.8, 4) is 0 Å². The van der Waals surface area contributed by atoms with Crippen LogP contribution in [0.5, 0.6) is 0 Å². The molecule has 4 atom stereocenters. The molecule has 2 rings (SSSR count). The number of nitrogens with zero attached hydrogens (tertiary/aromatic N) is 1. The number of hydrogen-bond donors (Lipinski definition) is 1. The average Bonchev–Trinajstić information content (AvgIpc) is 2.73. The van der Waals surface area contributed by atoms with E-state index in [1.165, 1.54) is 7.11 Å². The zero-order chi connectivity index (χ0) is 15.6. The van der Waals surface area contributed by atoms with Crippen LogP contribution in [0.3, 0.4) is 0 Å². The van der Waals surface area contributed by atoms with Crippen molar-refractivity contribution in [1.29, 1.82) is 0 Å². The minimum Gasteiger partial charge on any atom is -0.468 e. The average molecular weight is 297 g/mol. The molecular weight excluding hydrogens is 270 g/mol. The highest BCUT2D eigenvalue weighted by molar-refractivity contribution is 6.05. The molecule has 0 amide bonds. The maximum atomic E-state index is 12.9. The van der Waals surface area contributed by atoms with Gasteiger partial charge in [-0.05, 0) is 32.7 Å². The topological polar surface area (TPSA) is 66.8 Å². The number of fused-ring (bicyclic) bond motifs is 2. The van der Waals surface area contributed by atoms with Gasteiger partial charge >= 0.3 is 5.97 Å². The number of aliphatic hydroxyl groups excluding tert-OH is 1. The number of methoxy groups -OCH3 is 1. The fourth-order valence-electron chi connectivity index (χ4n) is 4.18. The van der Waals surface area contributed by atoms with Crippen molar-refractivity contribution in [2.45, 2.75) is 70.1 Å². The van der Waals surface area contributed by atoms with Crippen LogP contribution in [0.2, 0.25) is 0 Å². The van der Waals surface area contributed by atoms with Crippen LogP contribution in [0.1, 0.15) is 51.9 Å². The molecule has 21 heavy (non-hydrogen) atoms. The summed E-state index contributed by atoms with van der Waals surface area (Å²) >= 11 is 0. The van der Waals surface area contributed by atoms with E-state index < -0.39 is 17.5 Å². The van der Waals surface area contributed by atoms with Crippen LogP contribution < -0.4 is 0 Å². The van der Waals surface area contributed by atoms with Crippen molar-refractivity contribution >= 4 is 11.8 Å². The molecule has 0 saturated carbocycles. The summed E-state index contributed by atoms with van der Waals surface area (Å²) in [6.07, 6.45) is 4.34. The van der Waals surface area contributed by atoms with E-state index in [0.29, 0.717) is 12.8 Å². The molecule has 2 bridgehead atoms. The predicted molar refractivity (Wildman–Crippen MR) is 78.8 cm³/mol. The van der Waals surface area contributed by atoms with Gasteiger partial charge in [0.1, 0.15) is 0 Å². The minimum atomic E-state index is -1.38. The molecule has 2 heterocycles. The molecule has 0 radical (unpaired) electrons. The van der Waals surface area contributed by atoms with Gasteiger partial charge in [-0.2, -0.15) is 0 Å². The highest BCUT2D eigenvalue weighted by atomic mass is 16.5. The highest BCUT2D eigenvalue weighted by Gasteiger charge is 2.64. The van der Waals surface area contributed by atoms with E-state index in [1.807, 2.05) is 7.05 Å². The third-order valence-corrected chi connectivity index (χ3v) is 5.38. The Labute approximate surface area is 126 Å². The van der Waals surface area contributed by atoms with E-state index >= 15 is 0 Å². The molecule has 2 fully saturated rings. The first-order valence-electron chi connectivity index (χ1n) is 8.01. The maximum absolute atomic E-state index is 12.9. The number of esters is 1. The van der Waals surface area contributed by atoms with Crippen LogP contribution in [0.4, 0.5) is 0 Å². The molecule has 0 spiro atoms. The second-order valence-electron chi connectivity index (χ2n) is 6.40. The minimum absolute atomic E-state index is 0.146. The second kappa shape index (κ2) is 6.44. The first-order chi connectivity index (χ1) is 9.99. The Hall–Kier alpha value is -0.940. The Morgan fingerprint density at radius 3 is 2.67 bits per heavy atom. The fraction of sp³-hybridized carbons (Fsp3) is 0.875. The van der Waals surface area contributed by atoms with E-state index in [2.05, 4.69) is 11.8 Å². The van der Waals surface area contributed by atoms with Crippen LogP contribution in [-0.2, 0) is 14.3 Å². The number of Topliss-reactive ketones (excluding diaryl/α,β-unsaturated/α-hetero) is 1. The summed E-state index contributed by atoms with van der Waals surface area (Å²) in [6, 6.07) is 0.0408. The molecule has 120 valence electrons. The standard InChI is InChI=1S/C16H27NO4/c1-4-5-6-7-13(18)16(15(20)21-3)12-9-8-11(17(12)2)10-14(16)19/h11-12,14,19H,4-10H2,1-3H3/t11-,12+,14-,16-/m0/s1. The van der Waals surface area contributed by atoms with Crippen molar-refractivity contribution < 1.29 is 19.4 Å². The molecule has 1 N–H and O–H groups in total. The number of ketones is 1. The molecule has 0 unspecified atom stereocenters. The molecule has 0 aliphatic carbocycles. The molecule has 2 aliphatic heterocycles. The fourth-order valence-corrected chi connectivity index (χ4v) is 4.18. The molecule has 5 heteroatoms. The van der Waals surface area contributed by atoms with E-state index in [4.69, 9.17) is 4.74 Å². The summed E-state index contributed by atoms with van der Waals surface area (Å²) in [6.45, 7) is 2.07. The summed E-state index contributed by atoms with van der Waals surface area (Å²) < 4.78 is 4.94. The molecule has 0 aromatic heterocycles. The zero-order valence-electron chi connectivity index (χ0n) is 13.3. The lowest BCUT2D eigenvalue weighted by Crippen LogP contribution is -2.64. The number of carbonyl (C=O) groups is 2. The number of rotatable bonds is 6. The van der Waals surface area contributed by atoms with Crippen LogP contribution in [0.25, 0.3) is 0 Å². The van der Waals surface area contributed by atoms with E-state index in [-0.39, 0.29) is 17.9 Å². The summed E-state index contributed by atoms with van der Waals surface area (Å²) in [5, 5.41) is 10.6. The van der Waals surface area contributed by atoms with Gasteiger partial charge in [-0.25, -0.2) is 0 Å². The first kappa shape index (κ1) is 16.4. The van der Waals surface area contributed by atoms with Gasteiger partial charge in [0.15, 0.2) is 11.2 Å². The van der Waals surface area contributed by atoms with Gasteiger partial charge in [-0.3, -0.25) is 14.5 Å². The summed E-state index contributed by atoms with van der Waals surface area (Å²) in [5.41, 5.74) is -1.38. The SMILES string of the molecule is CCCCCC(=O)[C@]1(C(=O)OC)[C@@H](O)C[C@@H]2CC[C@H]1N2C. The molecule has 0 aromatic rings. The molecule has 0 aromatic carbocycles. The van der Waals surface area contributed by atoms with Gasteiger partial charge in [-0.15, -0.1) is 0 Å². The third-order valence-electron chi connectivity index (χ3n) is 5.38. The largest absolute Gasteiger partial charge is 0.468 e. The van der Waals surface area contributed by atoms with Crippen molar-refractivity contribution in [2.75, 3.05) is 14.2 Å². The third kappa shape index (κ3) is 2.50. The van der Waals surface area contributed by atoms with E-state index in [9.17, 15) is 14.7 Å². The van der Waals surface area contributed by atoms with Gasteiger partial charge in [0, 0.05) is 18.5 Å². The van der Waals surface area contributed by atoms with Crippen molar-refractivity contribution in [1.82, 2.24) is 4.90 Å². The normalized spacial score (nSPS) is 35.7. The molecular formula is C16H27NO4. The number of piperidine rings is 1. The lowest BCUT2D eigenvalue weighted by atomic mass is 9.67. The monoisotopic (exact) mass is 297 g/mol. The van der Waals surface area contributed by atoms with Crippen molar-refractivity contribution in [3.05, 3.63) is 0 Å². The van der Waals surface area contributed by atoms with Crippen LogP contribution >= 0.6 is 0 Å². The van der Waals surface area contributed by atoms with Crippen molar-refractivity contribution in [2.24, 2.45) is 5.41 Å². The number of carbonyl (C=O) groups excluding carboxylic acids is 2. The highest BCUT2D eigenvalue weighted by Crippen LogP contribution is 2.48. The van der Waals surface area contributed by atoms with E-state index in [0.717, 1.165) is 32.1 Å². The molecule has 2 aliphatic rings. The Kier molecular flexibility index (Phi) is 5.04. The summed E-state index contributed by atoms with van der Waals surface area (Å²) in [5.74, 6) is -0.707. The van der Waals surface area contributed by atoms with Crippen LogP contribution in [0.15, 0.2) is 0 Å². The quantitative estimate of drug-likeness (QED) is 0.457. The number of hydrogen-bond acceptors (Lipinski definition) is 5. The zero-order valence-corrected chi connectivity index (χ0v) is 13.3. The maximum Gasteiger partial charge on any atom is 0.323 e.